The summed E-state index contributed by atoms with van der Waals surface area (Å²) in [6, 6.07) is -0.759. The van der Waals surface area contributed by atoms with Gasteiger partial charge in [0, 0.05) is 38.6 Å². The number of piperazine rings is 1. The molecule has 0 saturated carbocycles. The molecule has 1 unspecified atom stereocenters. The van der Waals surface area contributed by atoms with Gasteiger partial charge in [0.05, 0.1) is 0 Å². The van der Waals surface area contributed by atoms with Crippen LogP contribution in [0.2, 0.25) is 0 Å². The molecule has 110 valence electrons. The van der Waals surface area contributed by atoms with Gasteiger partial charge in [-0.25, -0.2) is 9.59 Å². The Balaban J connectivity index is 1.66. The second-order valence-corrected chi connectivity index (χ2v) is 5.70. The number of carbonyl (C=O) groups excluding carboxylic acids is 2. The summed E-state index contributed by atoms with van der Waals surface area (Å²) in [6.07, 6.45) is 2.63. The Morgan fingerprint density at radius 3 is 2.70 bits per heavy atom. The van der Waals surface area contributed by atoms with Gasteiger partial charge in [0.15, 0.2) is 0 Å². The van der Waals surface area contributed by atoms with Crippen LogP contribution in [0.5, 0.6) is 0 Å². The summed E-state index contributed by atoms with van der Waals surface area (Å²) in [4.78, 5) is 40.3. The zero-order valence-electron chi connectivity index (χ0n) is 11.3. The highest BCUT2D eigenvalue weighted by Gasteiger charge is 2.41. The first kappa shape index (κ1) is 13.2. The Kier molecular flexibility index (Phi) is 3.27. The molecule has 3 aliphatic heterocycles. The molecule has 3 heterocycles. The van der Waals surface area contributed by atoms with Crippen LogP contribution in [-0.4, -0.2) is 76.0 Å². The molecule has 7 nitrogen and oxygen atoms in total. The van der Waals surface area contributed by atoms with E-state index in [-0.39, 0.29) is 18.0 Å². The number of hydrogen-bond acceptors (Lipinski definition) is 3. The summed E-state index contributed by atoms with van der Waals surface area (Å²) in [5, 5.41) is 9.15. The highest BCUT2D eigenvalue weighted by Crippen LogP contribution is 2.25. The van der Waals surface area contributed by atoms with Gasteiger partial charge in [-0.05, 0) is 19.3 Å². The van der Waals surface area contributed by atoms with Gasteiger partial charge in [0.1, 0.15) is 6.04 Å². The van der Waals surface area contributed by atoms with E-state index < -0.39 is 12.0 Å². The van der Waals surface area contributed by atoms with Crippen molar-refractivity contribution >= 4 is 17.9 Å². The van der Waals surface area contributed by atoms with Crippen LogP contribution in [0.3, 0.4) is 0 Å². The fourth-order valence-corrected chi connectivity index (χ4v) is 3.47. The van der Waals surface area contributed by atoms with Gasteiger partial charge in [-0.2, -0.15) is 0 Å². The summed E-state index contributed by atoms with van der Waals surface area (Å²) >= 11 is 0. The van der Waals surface area contributed by atoms with E-state index in [4.69, 9.17) is 5.11 Å². The highest BCUT2D eigenvalue weighted by atomic mass is 16.4. The molecule has 7 heteroatoms. The number of nitrogens with zero attached hydrogens (tertiary/aromatic N) is 3. The van der Waals surface area contributed by atoms with Crippen LogP contribution < -0.4 is 0 Å². The standard InChI is InChI=1S/C13H19N3O4/c17-11-4-3-9-8-14(6-7-15(9)11)13(20)16-5-1-2-10(16)12(18)19/h9-10H,1-8H2,(H,18,19)/t9?,10-/m0/s1. The molecule has 0 bridgehead atoms. The first-order valence-electron chi connectivity index (χ1n) is 7.16. The quantitative estimate of drug-likeness (QED) is 0.731. The number of urea groups is 1. The molecule has 3 saturated heterocycles. The van der Waals surface area contributed by atoms with Crippen LogP contribution in [0.15, 0.2) is 0 Å². The topological polar surface area (TPSA) is 81.2 Å². The van der Waals surface area contributed by atoms with E-state index in [1.807, 2.05) is 4.90 Å². The summed E-state index contributed by atoms with van der Waals surface area (Å²) in [5.74, 6) is -0.753. The first-order chi connectivity index (χ1) is 9.58. The summed E-state index contributed by atoms with van der Waals surface area (Å²) in [7, 11) is 0. The largest absolute Gasteiger partial charge is 0.480 e. The molecule has 0 spiro atoms. The van der Waals surface area contributed by atoms with Gasteiger partial charge in [-0.1, -0.05) is 0 Å². The van der Waals surface area contributed by atoms with Gasteiger partial charge in [-0.15, -0.1) is 0 Å². The molecule has 0 aromatic carbocycles. The minimum atomic E-state index is -0.925. The van der Waals surface area contributed by atoms with Crippen molar-refractivity contribution in [2.24, 2.45) is 0 Å². The van der Waals surface area contributed by atoms with Gasteiger partial charge in [-0.3, -0.25) is 4.79 Å². The van der Waals surface area contributed by atoms with Gasteiger partial charge >= 0.3 is 12.0 Å². The normalized spacial score (nSPS) is 29.8. The van der Waals surface area contributed by atoms with Crippen LogP contribution in [0.4, 0.5) is 4.79 Å². The van der Waals surface area contributed by atoms with Crippen molar-refractivity contribution in [2.75, 3.05) is 26.2 Å². The number of carboxylic acid groups (broad SMARTS) is 1. The van der Waals surface area contributed by atoms with Crippen molar-refractivity contribution in [2.45, 2.75) is 37.8 Å². The van der Waals surface area contributed by atoms with E-state index in [1.165, 1.54) is 4.90 Å². The minimum Gasteiger partial charge on any atom is -0.480 e. The number of carboxylic acids is 1. The Bertz CT molecular complexity index is 453. The molecular formula is C13H19N3O4. The van der Waals surface area contributed by atoms with Crippen molar-refractivity contribution in [3.63, 3.8) is 0 Å². The van der Waals surface area contributed by atoms with E-state index in [1.54, 1.807) is 4.90 Å². The van der Waals surface area contributed by atoms with Crippen LogP contribution in [0, 0.1) is 0 Å². The number of amides is 3. The van der Waals surface area contributed by atoms with Crippen LogP contribution in [-0.2, 0) is 9.59 Å². The van der Waals surface area contributed by atoms with Crippen LogP contribution >= 0.6 is 0 Å². The zero-order valence-corrected chi connectivity index (χ0v) is 11.3. The number of rotatable bonds is 1. The molecule has 3 rings (SSSR count). The SMILES string of the molecule is O=C(O)[C@@H]1CCCN1C(=O)N1CCN2C(=O)CCC2C1. The second-order valence-electron chi connectivity index (χ2n) is 5.70. The van der Waals surface area contributed by atoms with Crippen molar-refractivity contribution in [3.8, 4) is 0 Å². The molecule has 0 aromatic rings. The van der Waals surface area contributed by atoms with E-state index in [0.29, 0.717) is 39.0 Å². The Hall–Kier alpha value is -1.79. The first-order valence-corrected chi connectivity index (χ1v) is 7.16. The van der Waals surface area contributed by atoms with Crippen molar-refractivity contribution < 1.29 is 19.5 Å². The summed E-state index contributed by atoms with van der Waals surface area (Å²) in [6.45, 7) is 2.12. The molecule has 3 amide bonds. The maximum atomic E-state index is 12.5. The average molecular weight is 281 g/mol. The van der Waals surface area contributed by atoms with Crippen molar-refractivity contribution in [1.82, 2.24) is 14.7 Å². The third-order valence-corrected chi connectivity index (χ3v) is 4.55. The summed E-state index contributed by atoms with van der Waals surface area (Å²) in [5.41, 5.74) is 0. The fourth-order valence-electron chi connectivity index (χ4n) is 3.47. The van der Waals surface area contributed by atoms with Crippen molar-refractivity contribution in [3.05, 3.63) is 0 Å². The Labute approximate surface area is 117 Å². The minimum absolute atomic E-state index is 0.117. The van der Waals surface area contributed by atoms with Crippen molar-refractivity contribution in [1.29, 1.82) is 0 Å². The lowest BCUT2D eigenvalue weighted by Gasteiger charge is -2.39. The van der Waals surface area contributed by atoms with Crippen LogP contribution in [0.25, 0.3) is 0 Å². The maximum Gasteiger partial charge on any atom is 0.326 e. The van der Waals surface area contributed by atoms with E-state index in [9.17, 15) is 14.4 Å². The monoisotopic (exact) mass is 281 g/mol. The molecule has 2 atom stereocenters. The lowest BCUT2D eigenvalue weighted by molar-refractivity contribution is -0.141. The van der Waals surface area contributed by atoms with E-state index in [2.05, 4.69) is 0 Å². The smallest absolute Gasteiger partial charge is 0.326 e. The van der Waals surface area contributed by atoms with E-state index >= 15 is 0 Å². The fraction of sp³-hybridized carbons (Fsp3) is 0.769. The zero-order chi connectivity index (χ0) is 14.3. The number of carbonyl (C=O) groups is 3. The third kappa shape index (κ3) is 2.10. The lowest BCUT2D eigenvalue weighted by Crippen LogP contribution is -2.57. The third-order valence-electron chi connectivity index (χ3n) is 4.55. The van der Waals surface area contributed by atoms with E-state index in [0.717, 1.165) is 12.8 Å². The lowest BCUT2D eigenvalue weighted by atomic mass is 10.1. The molecule has 0 aromatic heterocycles. The second kappa shape index (κ2) is 4.96. The Morgan fingerprint density at radius 2 is 1.95 bits per heavy atom. The molecule has 0 radical (unpaired) electrons. The number of likely N-dealkylation sites (tertiary alicyclic amines) is 1. The Morgan fingerprint density at radius 1 is 1.15 bits per heavy atom. The predicted molar refractivity (Wildman–Crippen MR) is 69.1 cm³/mol. The van der Waals surface area contributed by atoms with Gasteiger partial charge < -0.3 is 19.8 Å². The highest BCUT2D eigenvalue weighted by molar-refractivity contribution is 5.84. The number of aliphatic carboxylic acids is 1. The summed E-state index contributed by atoms with van der Waals surface area (Å²) < 4.78 is 0. The molecule has 20 heavy (non-hydrogen) atoms. The molecule has 0 aliphatic carbocycles. The number of hydrogen-bond donors (Lipinski definition) is 1. The predicted octanol–water partition coefficient (Wildman–Crippen LogP) is -0.0380. The van der Waals surface area contributed by atoms with Gasteiger partial charge in [0.25, 0.3) is 0 Å². The van der Waals surface area contributed by atoms with Crippen LogP contribution in [0.1, 0.15) is 25.7 Å². The molecule has 3 fully saturated rings. The average Bonchev–Trinajstić information content (AvgIpc) is 3.05. The maximum absolute atomic E-state index is 12.5. The molecule has 3 aliphatic rings. The van der Waals surface area contributed by atoms with Gasteiger partial charge in [0.2, 0.25) is 5.91 Å². The molecule has 1 N–H and O–H groups in total. The number of fused-ring (bicyclic) bond motifs is 1. The molecular weight excluding hydrogens is 262 g/mol.